The van der Waals surface area contributed by atoms with Gasteiger partial charge in [0.2, 0.25) is 0 Å². The fourth-order valence-corrected chi connectivity index (χ4v) is 1.35. The Labute approximate surface area is 126 Å². The molecule has 0 heterocycles. The molecular formula is C15H16O7. The fraction of sp³-hybridized carbons (Fsp3) is 0.267. The average molecular weight is 308 g/mol. The molecule has 0 amide bonds. The van der Waals surface area contributed by atoms with E-state index in [2.05, 4.69) is 6.58 Å². The molecule has 0 radical (unpaired) electrons. The van der Waals surface area contributed by atoms with Gasteiger partial charge in [-0.3, -0.25) is 0 Å². The number of aromatic carboxylic acids is 1. The van der Waals surface area contributed by atoms with Gasteiger partial charge in [-0.15, -0.1) is 0 Å². The summed E-state index contributed by atoms with van der Waals surface area (Å²) in [5, 5.41) is 18.3. The van der Waals surface area contributed by atoms with Crippen molar-refractivity contribution in [3.63, 3.8) is 0 Å². The lowest BCUT2D eigenvalue weighted by Gasteiger charge is -2.12. The molecule has 0 fully saturated rings. The summed E-state index contributed by atoms with van der Waals surface area (Å²) in [6.07, 6.45) is -1.16. The molecule has 7 heteroatoms. The Kier molecular flexibility index (Phi) is 6.27. The Balaban J connectivity index is 2.43. The van der Waals surface area contributed by atoms with Crippen molar-refractivity contribution in [3.8, 4) is 0 Å². The van der Waals surface area contributed by atoms with Crippen LogP contribution >= 0.6 is 0 Å². The monoisotopic (exact) mass is 308 g/mol. The van der Waals surface area contributed by atoms with Crippen molar-refractivity contribution in [1.29, 1.82) is 0 Å². The number of carbonyl (C=O) groups is 3. The van der Waals surface area contributed by atoms with Gasteiger partial charge >= 0.3 is 17.9 Å². The van der Waals surface area contributed by atoms with Crippen LogP contribution in [0.4, 0.5) is 0 Å². The third-order valence-corrected chi connectivity index (χ3v) is 2.53. The SMILES string of the molecule is C=C(C)C(=O)OCC(O)COC(=O)c1ccc(C(=O)O)cc1. The van der Waals surface area contributed by atoms with Crippen LogP contribution in [0.2, 0.25) is 0 Å². The van der Waals surface area contributed by atoms with Gasteiger partial charge in [0.15, 0.2) is 0 Å². The molecule has 1 aromatic carbocycles. The lowest BCUT2D eigenvalue weighted by molar-refractivity contribution is -0.142. The number of hydrogen-bond acceptors (Lipinski definition) is 6. The highest BCUT2D eigenvalue weighted by Crippen LogP contribution is 2.06. The van der Waals surface area contributed by atoms with Crippen molar-refractivity contribution in [2.24, 2.45) is 0 Å². The van der Waals surface area contributed by atoms with Gasteiger partial charge in [-0.1, -0.05) is 6.58 Å². The summed E-state index contributed by atoms with van der Waals surface area (Å²) in [5.41, 5.74) is 0.391. The Morgan fingerprint density at radius 2 is 1.59 bits per heavy atom. The molecule has 0 saturated carbocycles. The highest BCUT2D eigenvalue weighted by atomic mass is 16.6. The smallest absolute Gasteiger partial charge is 0.338 e. The van der Waals surface area contributed by atoms with Gasteiger partial charge in [-0.05, 0) is 31.2 Å². The standard InChI is InChI=1S/C15H16O7/c1-9(2)14(19)21-7-12(16)8-22-15(20)11-5-3-10(4-6-11)13(17)18/h3-6,12,16H,1,7-8H2,2H3,(H,17,18). The Morgan fingerprint density at radius 3 is 2.09 bits per heavy atom. The number of aliphatic hydroxyl groups excluding tert-OH is 1. The first-order chi connectivity index (χ1) is 10.3. The molecular weight excluding hydrogens is 292 g/mol. The first-order valence-electron chi connectivity index (χ1n) is 6.32. The maximum absolute atomic E-state index is 11.7. The molecule has 0 aliphatic rings. The van der Waals surface area contributed by atoms with Crippen LogP contribution in [0, 0.1) is 0 Å². The third kappa shape index (κ3) is 5.37. The van der Waals surface area contributed by atoms with E-state index in [1.807, 2.05) is 0 Å². The predicted octanol–water partition coefficient (Wildman–Crippen LogP) is 1.02. The Bertz CT molecular complexity index is 574. The van der Waals surface area contributed by atoms with Crippen molar-refractivity contribution in [2.45, 2.75) is 13.0 Å². The van der Waals surface area contributed by atoms with Gasteiger partial charge in [0.05, 0.1) is 11.1 Å². The van der Waals surface area contributed by atoms with Gasteiger partial charge in [0.1, 0.15) is 19.3 Å². The van der Waals surface area contributed by atoms with Gasteiger partial charge in [-0.2, -0.15) is 0 Å². The predicted molar refractivity (Wildman–Crippen MR) is 75.5 cm³/mol. The molecule has 0 saturated heterocycles. The first kappa shape index (κ1) is 17.4. The molecule has 0 spiro atoms. The normalized spacial score (nSPS) is 11.4. The van der Waals surface area contributed by atoms with Crippen molar-refractivity contribution in [2.75, 3.05) is 13.2 Å². The highest BCUT2D eigenvalue weighted by Gasteiger charge is 2.14. The number of carbonyl (C=O) groups excluding carboxylic acids is 2. The molecule has 2 N–H and O–H groups in total. The van der Waals surface area contributed by atoms with Crippen LogP contribution in [0.5, 0.6) is 0 Å². The number of benzene rings is 1. The van der Waals surface area contributed by atoms with Crippen molar-refractivity contribution in [1.82, 2.24) is 0 Å². The number of rotatable bonds is 7. The van der Waals surface area contributed by atoms with E-state index in [-0.39, 0.29) is 29.9 Å². The van der Waals surface area contributed by atoms with Crippen LogP contribution in [0.25, 0.3) is 0 Å². The van der Waals surface area contributed by atoms with Crippen LogP contribution in [0.1, 0.15) is 27.6 Å². The molecule has 0 aliphatic carbocycles. The zero-order valence-electron chi connectivity index (χ0n) is 11.9. The number of esters is 2. The molecule has 1 unspecified atom stereocenters. The number of aliphatic hydroxyl groups is 1. The van der Waals surface area contributed by atoms with E-state index in [0.717, 1.165) is 0 Å². The molecule has 1 rings (SSSR count). The van der Waals surface area contributed by atoms with E-state index < -0.39 is 24.0 Å². The van der Waals surface area contributed by atoms with Gasteiger partial charge in [-0.25, -0.2) is 14.4 Å². The van der Waals surface area contributed by atoms with Gasteiger partial charge in [0.25, 0.3) is 0 Å². The van der Waals surface area contributed by atoms with E-state index in [9.17, 15) is 19.5 Å². The van der Waals surface area contributed by atoms with Crippen LogP contribution in [-0.4, -0.2) is 47.4 Å². The van der Waals surface area contributed by atoms with Crippen molar-refractivity contribution >= 4 is 17.9 Å². The first-order valence-corrected chi connectivity index (χ1v) is 6.32. The number of carboxylic acids is 1. The summed E-state index contributed by atoms with van der Waals surface area (Å²) < 4.78 is 9.53. The van der Waals surface area contributed by atoms with E-state index in [4.69, 9.17) is 14.6 Å². The van der Waals surface area contributed by atoms with Gasteiger partial charge < -0.3 is 19.7 Å². The fourth-order valence-electron chi connectivity index (χ4n) is 1.35. The second-order valence-corrected chi connectivity index (χ2v) is 4.51. The molecule has 1 atom stereocenters. The van der Waals surface area contributed by atoms with Crippen LogP contribution in [0.3, 0.4) is 0 Å². The minimum atomic E-state index is -1.16. The molecule has 0 aliphatic heterocycles. The second-order valence-electron chi connectivity index (χ2n) is 4.51. The van der Waals surface area contributed by atoms with E-state index in [0.29, 0.717) is 0 Å². The van der Waals surface area contributed by atoms with Crippen LogP contribution < -0.4 is 0 Å². The Hall–Kier alpha value is -2.67. The largest absolute Gasteiger partial charge is 0.478 e. The molecule has 7 nitrogen and oxygen atoms in total. The summed E-state index contributed by atoms with van der Waals surface area (Å²) in [6.45, 7) is 4.17. The summed E-state index contributed by atoms with van der Waals surface area (Å²) in [5.74, 6) is -2.47. The van der Waals surface area contributed by atoms with Crippen LogP contribution in [0.15, 0.2) is 36.4 Å². The van der Waals surface area contributed by atoms with Gasteiger partial charge in [0, 0.05) is 5.57 Å². The van der Waals surface area contributed by atoms with E-state index in [1.165, 1.54) is 31.2 Å². The summed E-state index contributed by atoms with van der Waals surface area (Å²) >= 11 is 0. The number of ether oxygens (including phenoxy) is 2. The minimum Gasteiger partial charge on any atom is -0.478 e. The number of hydrogen-bond donors (Lipinski definition) is 2. The maximum atomic E-state index is 11.7. The van der Waals surface area contributed by atoms with Crippen molar-refractivity contribution in [3.05, 3.63) is 47.5 Å². The zero-order chi connectivity index (χ0) is 16.7. The third-order valence-electron chi connectivity index (χ3n) is 2.53. The lowest BCUT2D eigenvalue weighted by Crippen LogP contribution is -2.25. The molecule has 118 valence electrons. The summed E-state index contributed by atoms with van der Waals surface area (Å²) in [7, 11) is 0. The number of carboxylic acid groups (broad SMARTS) is 1. The summed E-state index contributed by atoms with van der Waals surface area (Å²) in [4.78, 5) is 33.5. The van der Waals surface area contributed by atoms with E-state index >= 15 is 0 Å². The molecule has 0 aromatic heterocycles. The average Bonchev–Trinajstić information content (AvgIpc) is 2.50. The second kappa shape index (κ2) is 7.94. The Morgan fingerprint density at radius 1 is 1.09 bits per heavy atom. The highest BCUT2D eigenvalue weighted by molar-refractivity contribution is 5.92. The summed E-state index contributed by atoms with van der Waals surface area (Å²) in [6, 6.07) is 5.15. The topological polar surface area (TPSA) is 110 Å². The lowest BCUT2D eigenvalue weighted by atomic mass is 10.1. The maximum Gasteiger partial charge on any atom is 0.338 e. The molecule has 0 bridgehead atoms. The molecule has 1 aromatic rings. The van der Waals surface area contributed by atoms with E-state index in [1.54, 1.807) is 0 Å². The van der Waals surface area contributed by atoms with Crippen LogP contribution in [-0.2, 0) is 14.3 Å². The quantitative estimate of drug-likeness (QED) is 0.571. The van der Waals surface area contributed by atoms with Crippen molar-refractivity contribution < 1.29 is 34.1 Å². The minimum absolute atomic E-state index is 0.0447. The molecule has 22 heavy (non-hydrogen) atoms. The zero-order valence-corrected chi connectivity index (χ0v) is 11.9.